The molecule has 1 aromatic rings. The van der Waals surface area contributed by atoms with Gasteiger partial charge >= 0.3 is 5.97 Å². The third-order valence-corrected chi connectivity index (χ3v) is 4.01. The molecule has 1 saturated heterocycles. The molecular weight excluding hydrogens is 245 g/mol. The second-order valence-electron chi connectivity index (χ2n) is 5.42. The van der Waals surface area contributed by atoms with E-state index in [9.17, 15) is 9.18 Å². The number of carboxylic acids is 1. The number of carbonyl (C=O) groups is 1. The summed E-state index contributed by atoms with van der Waals surface area (Å²) in [6, 6.07) is 5.39. The van der Waals surface area contributed by atoms with Crippen LogP contribution in [0.4, 0.5) is 4.39 Å². The number of benzene rings is 1. The zero-order chi connectivity index (χ0) is 14.0. The second-order valence-corrected chi connectivity index (χ2v) is 5.42. The molecule has 1 aliphatic heterocycles. The zero-order valence-corrected chi connectivity index (χ0v) is 11.4. The first-order valence-corrected chi connectivity index (χ1v) is 6.76. The summed E-state index contributed by atoms with van der Waals surface area (Å²) in [6.45, 7) is 5.06. The Balaban J connectivity index is 2.14. The fraction of sp³-hybridized carbons (Fsp3) is 0.533. The Labute approximate surface area is 113 Å². The second kappa shape index (κ2) is 5.70. The van der Waals surface area contributed by atoms with Crippen LogP contribution in [0.1, 0.15) is 49.0 Å². The van der Waals surface area contributed by atoms with E-state index in [0.29, 0.717) is 18.6 Å². The molecule has 0 aromatic heterocycles. The minimum absolute atomic E-state index is 0.261. The van der Waals surface area contributed by atoms with Crippen molar-refractivity contribution in [3.63, 3.8) is 0 Å². The summed E-state index contributed by atoms with van der Waals surface area (Å²) in [5.41, 5.74) is 0.576. The van der Waals surface area contributed by atoms with Crippen LogP contribution in [0.15, 0.2) is 18.2 Å². The molecule has 0 amide bonds. The van der Waals surface area contributed by atoms with Crippen LogP contribution in [-0.2, 0) is 6.54 Å². The van der Waals surface area contributed by atoms with E-state index in [1.807, 2.05) is 0 Å². The Kier molecular flexibility index (Phi) is 4.20. The highest BCUT2D eigenvalue weighted by Gasteiger charge is 2.24. The van der Waals surface area contributed by atoms with E-state index in [0.717, 1.165) is 5.56 Å². The van der Waals surface area contributed by atoms with Crippen LogP contribution in [0.3, 0.4) is 0 Å². The lowest BCUT2D eigenvalue weighted by atomic mass is 9.96. The normalized spacial score (nSPS) is 24.4. The molecule has 2 rings (SSSR count). The molecular formula is C15H20FNO2. The highest BCUT2D eigenvalue weighted by Crippen LogP contribution is 2.25. The van der Waals surface area contributed by atoms with Crippen LogP contribution < -0.4 is 0 Å². The van der Waals surface area contributed by atoms with Crippen LogP contribution in [0.2, 0.25) is 0 Å². The first-order valence-electron chi connectivity index (χ1n) is 6.76. The van der Waals surface area contributed by atoms with E-state index >= 15 is 0 Å². The Morgan fingerprint density at radius 2 is 2.00 bits per heavy atom. The molecule has 0 radical (unpaired) electrons. The van der Waals surface area contributed by atoms with Crippen LogP contribution in [0, 0.1) is 5.82 Å². The van der Waals surface area contributed by atoms with Crippen LogP contribution in [0.25, 0.3) is 0 Å². The van der Waals surface area contributed by atoms with E-state index in [-0.39, 0.29) is 5.56 Å². The van der Waals surface area contributed by atoms with Gasteiger partial charge in [0.25, 0.3) is 0 Å². The van der Waals surface area contributed by atoms with Crippen LogP contribution >= 0.6 is 0 Å². The molecule has 0 saturated carbocycles. The van der Waals surface area contributed by atoms with Gasteiger partial charge in [-0.3, -0.25) is 4.90 Å². The summed E-state index contributed by atoms with van der Waals surface area (Å²) < 4.78 is 13.7. The predicted molar refractivity (Wildman–Crippen MR) is 71.7 cm³/mol. The Morgan fingerprint density at radius 3 is 2.53 bits per heavy atom. The van der Waals surface area contributed by atoms with E-state index in [4.69, 9.17) is 5.11 Å². The number of halogens is 1. The van der Waals surface area contributed by atoms with Crippen LogP contribution in [-0.4, -0.2) is 28.1 Å². The van der Waals surface area contributed by atoms with E-state index in [1.54, 1.807) is 6.07 Å². The molecule has 1 aromatic carbocycles. The highest BCUT2D eigenvalue weighted by atomic mass is 19.1. The molecule has 1 heterocycles. The van der Waals surface area contributed by atoms with Crippen molar-refractivity contribution in [3.05, 3.63) is 35.1 Å². The third kappa shape index (κ3) is 3.13. The van der Waals surface area contributed by atoms with Gasteiger partial charge in [0.05, 0.1) is 5.56 Å². The first-order chi connectivity index (χ1) is 8.99. The predicted octanol–water partition coefficient (Wildman–Crippen LogP) is 3.29. The van der Waals surface area contributed by atoms with Gasteiger partial charge in [0.1, 0.15) is 5.82 Å². The maximum atomic E-state index is 13.7. The zero-order valence-electron chi connectivity index (χ0n) is 11.4. The summed E-state index contributed by atoms with van der Waals surface area (Å²) in [5, 5.41) is 8.81. The number of carboxylic acid groups (broad SMARTS) is 1. The number of nitrogens with zero attached hydrogens (tertiary/aromatic N) is 1. The Hall–Kier alpha value is -1.42. The maximum Gasteiger partial charge on any atom is 0.338 e. The van der Waals surface area contributed by atoms with Gasteiger partial charge < -0.3 is 5.11 Å². The molecule has 2 atom stereocenters. The molecule has 1 fully saturated rings. The number of hydrogen-bond acceptors (Lipinski definition) is 2. The number of aromatic carboxylic acids is 1. The molecule has 1 aliphatic rings. The minimum atomic E-state index is -1.22. The molecule has 3 nitrogen and oxygen atoms in total. The lowest BCUT2D eigenvalue weighted by molar-refractivity contribution is 0.0691. The van der Waals surface area contributed by atoms with Gasteiger partial charge in [-0.2, -0.15) is 0 Å². The van der Waals surface area contributed by atoms with Gasteiger partial charge in [0.2, 0.25) is 0 Å². The quantitative estimate of drug-likeness (QED) is 0.911. The summed E-state index contributed by atoms with van der Waals surface area (Å²) in [4.78, 5) is 13.1. The average Bonchev–Trinajstić information content (AvgIpc) is 2.33. The lowest BCUT2D eigenvalue weighted by Crippen LogP contribution is -2.42. The summed E-state index contributed by atoms with van der Waals surface area (Å²) in [7, 11) is 0. The molecule has 104 valence electrons. The van der Waals surface area contributed by atoms with Gasteiger partial charge in [-0.05, 0) is 44.4 Å². The van der Waals surface area contributed by atoms with Crippen molar-refractivity contribution in [2.24, 2.45) is 0 Å². The van der Waals surface area contributed by atoms with E-state index in [2.05, 4.69) is 18.7 Å². The van der Waals surface area contributed by atoms with Crippen molar-refractivity contribution < 1.29 is 14.3 Å². The number of piperidine rings is 1. The van der Waals surface area contributed by atoms with Gasteiger partial charge in [-0.25, -0.2) is 9.18 Å². The number of likely N-dealkylation sites (tertiary alicyclic amines) is 1. The van der Waals surface area contributed by atoms with Crippen molar-refractivity contribution in [1.82, 2.24) is 4.90 Å². The van der Waals surface area contributed by atoms with Crippen molar-refractivity contribution in [3.8, 4) is 0 Å². The summed E-state index contributed by atoms with van der Waals surface area (Å²) in [5.74, 6) is -1.87. The Morgan fingerprint density at radius 1 is 1.37 bits per heavy atom. The van der Waals surface area contributed by atoms with Crippen LogP contribution in [0.5, 0.6) is 0 Å². The fourth-order valence-electron chi connectivity index (χ4n) is 2.83. The van der Waals surface area contributed by atoms with Gasteiger partial charge in [0, 0.05) is 18.6 Å². The number of hydrogen-bond donors (Lipinski definition) is 1. The molecule has 0 spiro atoms. The largest absolute Gasteiger partial charge is 0.478 e. The SMILES string of the molecule is C[C@@H]1CCC[C@H](C)N1Cc1ccc(C(=O)O)c(F)c1. The standard InChI is InChI=1S/C15H20FNO2/c1-10-4-3-5-11(2)17(10)9-12-6-7-13(15(18)19)14(16)8-12/h6-8,10-11H,3-5,9H2,1-2H3,(H,18,19)/t10-,11+. The van der Waals surface area contributed by atoms with Crippen molar-refractivity contribution in [2.45, 2.75) is 51.7 Å². The fourth-order valence-corrected chi connectivity index (χ4v) is 2.83. The van der Waals surface area contributed by atoms with Crippen molar-refractivity contribution in [2.75, 3.05) is 0 Å². The monoisotopic (exact) mass is 265 g/mol. The lowest BCUT2D eigenvalue weighted by Gasteiger charge is -2.39. The molecule has 0 unspecified atom stereocenters. The van der Waals surface area contributed by atoms with Crippen molar-refractivity contribution >= 4 is 5.97 Å². The van der Waals surface area contributed by atoms with Gasteiger partial charge in [-0.15, -0.1) is 0 Å². The molecule has 0 bridgehead atoms. The topological polar surface area (TPSA) is 40.5 Å². The molecule has 19 heavy (non-hydrogen) atoms. The molecule has 0 aliphatic carbocycles. The maximum absolute atomic E-state index is 13.7. The van der Waals surface area contributed by atoms with E-state index in [1.165, 1.54) is 31.4 Å². The van der Waals surface area contributed by atoms with Gasteiger partial charge in [0.15, 0.2) is 0 Å². The summed E-state index contributed by atoms with van der Waals surface area (Å²) in [6.07, 6.45) is 3.57. The van der Waals surface area contributed by atoms with Gasteiger partial charge in [-0.1, -0.05) is 12.5 Å². The molecule has 4 heteroatoms. The summed E-state index contributed by atoms with van der Waals surface area (Å²) >= 11 is 0. The first kappa shape index (κ1) is 14.0. The number of rotatable bonds is 3. The highest BCUT2D eigenvalue weighted by molar-refractivity contribution is 5.87. The Bertz CT molecular complexity index is 465. The minimum Gasteiger partial charge on any atom is -0.478 e. The van der Waals surface area contributed by atoms with E-state index < -0.39 is 11.8 Å². The van der Waals surface area contributed by atoms with Crippen molar-refractivity contribution in [1.29, 1.82) is 0 Å². The molecule has 1 N–H and O–H groups in total. The average molecular weight is 265 g/mol. The smallest absolute Gasteiger partial charge is 0.338 e. The third-order valence-electron chi connectivity index (χ3n) is 4.01.